The molecule has 0 fully saturated rings. The van der Waals surface area contributed by atoms with Gasteiger partial charge in [0.05, 0.1) is 18.9 Å². The van der Waals surface area contributed by atoms with E-state index in [-0.39, 0.29) is 6.61 Å². The van der Waals surface area contributed by atoms with Crippen LogP contribution in [0, 0.1) is 0 Å². The van der Waals surface area contributed by atoms with Crippen LogP contribution in [-0.4, -0.2) is 31.8 Å². The third-order valence-corrected chi connectivity index (χ3v) is 4.95. The lowest BCUT2D eigenvalue weighted by atomic mass is 10.0. The minimum atomic E-state index is -0.486. The SMILES string of the molecule is COc1ccccc1OCC(=O)N/N=C\c1c(OC(=O)c2ccccc2)ccc2ccccc12. The van der Waals surface area contributed by atoms with Crippen LogP contribution in [-0.2, 0) is 4.79 Å². The lowest BCUT2D eigenvalue weighted by molar-refractivity contribution is -0.123. The molecule has 34 heavy (non-hydrogen) atoms. The van der Waals surface area contributed by atoms with Gasteiger partial charge in [0.15, 0.2) is 18.1 Å². The van der Waals surface area contributed by atoms with Crippen molar-refractivity contribution in [1.29, 1.82) is 0 Å². The standard InChI is InChI=1S/C27H22N2O5/c1-32-24-13-7-8-14-25(24)33-18-26(30)29-28-17-22-21-12-6-5-9-19(21)15-16-23(22)34-27(31)20-10-3-2-4-11-20/h2-17H,18H2,1H3,(H,29,30)/b28-17-. The molecule has 0 aliphatic carbocycles. The van der Waals surface area contributed by atoms with Gasteiger partial charge in [-0.25, -0.2) is 10.2 Å². The normalized spacial score (nSPS) is 10.7. The van der Waals surface area contributed by atoms with E-state index in [4.69, 9.17) is 14.2 Å². The number of ether oxygens (including phenoxy) is 3. The summed E-state index contributed by atoms with van der Waals surface area (Å²) in [5, 5.41) is 5.82. The highest BCUT2D eigenvalue weighted by Crippen LogP contribution is 2.28. The van der Waals surface area contributed by atoms with Gasteiger partial charge in [-0.15, -0.1) is 0 Å². The lowest BCUT2D eigenvalue weighted by Gasteiger charge is -2.11. The molecule has 7 heteroatoms. The number of carbonyl (C=O) groups excluding carboxylic acids is 2. The number of para-hydroxylation sites is 2. The van der Waals surface area contributed by atoms with Crippen molar-refractivity contribution in [3.63, 3.8) is 0 Å². The summed E-state index contributed by atoms with van der Waals surface area (Å²) in [5.41, 5.74) is 3.43. The Labute approximate surface area is 196 Å². The predicted octanol–water partition coefficient (Wildman–Crippen LogP) is 4.60. The average molecular weight is 454 g/mol. The molecular weight excluding hydrogens is 432 g/mol. The van der Waals surface area contributed by atoms with Gasteiger partial charge >= 0.3 is 5.97 Å². The van der Waals surface area contributed by atoms with Crippen molar-refractivity contribution in [2.24, 2.45) is 5.10 Å². The van der Waals surface area contributed by atoms with Gasteiger partial charge in [0.25, 0.3) is 5.91 Å². The van der Waals surface area contributed by atoms with Crippen LogP contribution in [0.25, 0.3) is 10.8 Å². The quantitative estimate of drug-likeness (QED) is 0.182. The highest BCUT2D eigenvalue weighted by molar-refractivity contribution is 6.04. The van der Waals surface area contributed by atoms with Gasteiger partial charge in [0, 0.05) is 5.56 Å². The highest BCUT2D eigenvalue weighted by Gasteiger charge is 2.13. The Morgan fingerprint density at radius 2 is 1.53 bits per heavy atom. The summed E-state index contributed by atoms with van der Waals surface area (Å²) in [4.78, 5) is 24.8. The molecule has 0 spiro atoms. The molecule has 0 aliphatic heterocycles. The Kier molecular flexibility index (Phi) is 7.15. The Hall–Kier alpha value is -4.65. The van der Waals surface area contributed by atoms with Crippen LogP contribution in [0.5, 0.6) is 17.2 Å². The van der Waals surface area contributed by atoms with Crippen LogP contribution in [0.1, 0.15) is 15.9 Å². The first kappa shape index (κ1) is 22.5. The van der Waals surface area contributed by atoms with Crippen molar-refractivity contribution in [3.8, 4) is 17.2 Å². The van der Waals surface area contributed by atoms with E-state index in [1.54, 1.807) is 48.5 Å². The molecule has 1 amide bonds. The van der Waals surface area contributed by atoms with Crippen LogP contribution >= 0.6 is 0 Å². The van der Waals surface area contributed by atoms with Crippen molar-refractivity contribution >= 4 is 28.9 Å². The molecule has 1 N–H and O–H groups in total. The van der Waals surface area contributed by atoms with E-state index in [0.29, 0.717) is 28.4 Å². The summed E-state index contributed by atoms with van der Waals surface area (Å²) >= 11 is 0. The first-order valence-electron chi connectivity index (χ1n) is 10.5. The van der Waals surface area contributed by atoms with Crippen molar-refractivity contribution in [3.05, 3.63) is 102 Å². The summed E-state index contributed by atoms with van der Waals surface area (Å²) in [6.45, 7) is -0.247. The van der Waals surface area contributed by atoms with Crippen molar-refractivity contribution in [1.82, 2.24) is 5.43 Å². The first-order chi connectivity index (χ1) is 16.7. The Morgan fingerprint density at radius 3 is 2.32 bits per heavy atom. The van der Waals surface area contributed by atoms with Crippen LogP contribution < -0.4 is 19.6 Å². The van der Waals surface area contributed by atoms with Crippen molar-refractivity contribution in [2.45, 2.75) is 0 Å². The van der Waals surface area contributed by atoms with E-state index < -0.39 is 11.9 Å². The topological polar surface area (TPSA) is 86.2 Å². The summed E-state index contributed by atoms with van der Waals surface area (Å²) < 4.78 is 16.4. The number of esters is 1. The fraction of sp³-hybridized carbons (Fsp3) is 0.0741. The number of hydrogen-bond acceptors (Lipinski definition) is 6. The second kappa shape index (κ2) is 10.8. The van der Waals surface area contributed by atoms with E-state index in [1.165, 1.54) is 13.3 Å². The Morgan fingerprint density at radius 1 is 0.824 bits per heavy atom. The number of amides is 1. The van der Waals surface area contributed by atoms with E-state index in [2.05, 4.69) is 10.5 Å². The van der Waals surface area contributed by atoms with E-state index in [0.717, 1.165) is 10.8 Å². The minimum Gasteiger partial charge on any atom is -0.493 e. The minimum absolute atomic E-state index is 0.247. The van der Waals surface area contributed by atoms with Crippen LogP contribution in [0.3, 0.4) is 0 Å². The largest absolute Gasteiger partial charge is 0.493 e. The first-order valence-corrected chi connectivity index (χ1v) is 10.5. The monoisotopic (exact) mass is 454 g/mol. The molecule has 170 valence electrons. The molecular formula is C27H22N2O5. The summed E-state index contributed by atoms with van der Waals surface area (Å²) in [5.74, 6) is 0.369. The number of nitrogens with one attached hydrogen (secondary N) is 1. The highest BCUT2D eigenvalue weighted by atomic mass is 16.5. The number of fused-ring (bicyclic) bond motifs is 1. The third kappa shape index (κ3) is 5.39. The maximum atomic E-state index is 12.6. The molecule has 0 unspecified atom stereocenters. The van der Waals surface area contributed by atoms with Crippen LogP contribution in [0.15, 0.2) is 96.1 Å². The molecule has 4 aromatic rings. The fourth-order valence-corrected chi connectivity index (χ4v) is 3.31. The number of hydrogen-bond donors (Lipinski definition) is 1. The summed E-state index contributed by atoms with van der Waals surface area (Å²) in [6.07, 6.45) is 1.46. The maximum absolute atomic E-state index is 12.6. The molecule has 0 bridgehead atoms. The van der Waals surface area contributed by atoms with Gasteiger partial charge in [-0.05, 0) is 41.1 Å². The zero-order valence-electron chi connectivity index (χ0n) is 18.4. The molecule has 0 aromatic heterocycles. The van der Waals surface area contributed by atoms with E-state index >= 15 is 0 Å². The molecule has 4 aromatic carbocycles. The molecule has 0 atom stereocenters. The number of nitrogens with zero attached hydrogens (tertiary/aromatic N) is 1. The number of rotatable bonds is 8. The number of methoxy groups -OCH3 is 1. The van der Waals surface area contributed by atoms with E-state index in [9.17, 15) is 9.59 Å². The van der Waals surface area contributed by atoms with Gasteiger partial charge in [-0.2, -0.15) is 5.10 Å². The second-order valence-corrected chi connectivity index (χ2v) is 7.19. The third-order valence-electron chi connectivity index (χ3n) is 4.95. The molecule has 7 nitrogen and oxygen atoms in total. The van der Waals surface area contributed by atoms with Crippen LogP contribution in [0.2, 0.25) is 0 Å². The van der Waals surface area contributed by atoms with Crippen molar-refractivity contribution in [2.75, 3.05) is 13.7 Å². The van der Waals surface area contributed by atoms with Gasteiger partial charge in [-0.1, -0.05) is 60.7 Å². The molecule has 0 aliphatic rings. The van der Waals surface area contributed by atoms with E-state index in [1.807, 2.05) is 42.5 Å². The predicted molar refractivity (Wildman–Crippen MR) is 130 cm³/mol. The van der Waals surface area contributed by atoms with Gasteiger partial charge in [-0.3, -0.25) is 4.79 Å². The smallest absolute Gasteiger partial charge is 0.343 e. The molecule has 4 rings (SSSR count). The average Bonchev–Trinajstić information content (AvgIpc) is 2.89. The Bertz CT molecular complexity index is 1340. The summed E-state index contributed by atoms with van der Waals surface area (Å²) in [7, 11) is 1.53. The zero-order valence-corrected chi connectivity index (χ0v) is 18.4. The lowest BCUT2D eigenvalue weighted by Crippen LogP contribution is -2.24. The number of hydrazone groups is 1. The zero-order chi connectivity index (χ0) is 23.8. The fourth-order valence-electron chi connectivity index (χ4n) is 3.31. The number of benzene rings is 4. The number of carbonyl (C=O) groups is 2. The second-order valence-electron chi connectivity index (χ2n) is 7.19. The maximum Gasteiger partial charge on any atom is 0.343 e. The van der Waals surface area contributed by atoms with Crippen LogP contribution in [0.4, 0.5) is 0 Å². The Balaban J connectivity index is 1.50. The van der Waals surface area contributed by atoms with Gasteiger partial charge in [0.1, 0.15) is 5.75 Å². The molecule has 0 saturated heterocycles. The molecule has 0 radical (unpaired) electrons. The van der Waals surface area contributed by atoms with Gasteiger partial charge < -0.3 is 14.2 Å². The van der Waals surface area contributed by atoms with Gasteiger partial charge in [0.2, 0.25) is 0 Å². The van der Waals surface area contributed by atoms with Crippen molar-refractivity contribution < 1.29 is 23.8 Å². The molecule has 0 heterocycles. The molecule has 0 saturated carbocycles. The summed E-state index contributed by atoms with van der Waals surface area (Å²) in [6, 6.07) is 26.9.